The number of aromatic amines is 1. The highest BCUT2D eigenvalue weighted by atomic mass is 16.4. The SMILES string of the molecule is N#Cc1n[nH]c2ccc(C(=O)O)cc12. The number of aromatic nitrogens is 2. The van der Waals surface area contributed by atoms with Crippen LogP contribution in [0.1, 0.15) is 16.1 Å². The summed E-state index contributed by atoms with van der Waals surface area (Å²) in [5.41, 5.74) is 1.02. The van der Waals surface area contributed by atoms with Crippen molar-refractivity contribution < 1.29 is 9.90 Å². The minimum absolute atomic E-state index is 0.149. The van der Waals surface area contributed by atoms with Crippen molar-refractivity contribution in [2.24, 2.45) is 0 Å². The highest BCUT2D eigenvalue weighted by Crippen LogP contribution is 2.16. The number of hydrogen-bond donors (Lipinski definition) is 2. The molecule has 1 aromatic carbocycles. The molecule has 1 aromatic heterocycles. The Labute approximate surface area is 78.6 Å². The smallest absolute Gasteiger partial charge is 0.335 e. The molecule has 5 heteroatoms. The quantitative estimate of drug-likeness (QED) is 0.700. The van der Waals surface area contributed by atoms with Crippen molar-refractivity contribution in [2.45, 2.75) is 0 Å². The molecule has 2 N–H and O–H groups in total. The number of aromatic carboxylic acids is 1. The van der Waals surface area contributed by atoms with Gasteiger partial charge in [0.1, 0.15) is 6.07 Å². The number of carbonyl (C=O) groups is 1. The topological polar surface area (TPSA) is 89.8 Å². The lowest BCUT2D eigenvalue weighted by Crippen LogP contribution is -1.94. The van der Waals surface area contributed by atoms with Crippen LogP contribution >= 0.6 is 0 Å². The van der Waals surface area contributed by atoms with Crippen LogP contribution in [0, 0.1) is 11.3 Å². The van der Waals surface area contributed by atoms with Crippen molar-refractivity contribution in [2.75, 3.05) is 0 Å². The number of nitrogens with zero attached hydrogens (tertiary/aromatic N) is 2. The van der Waals surface area contributed by atoms with Gasteiger partial charge in [0.2, 0.25) is 0 Å². The van der Waals surface area contributed by atoms with Gasteiger partial charge in [-0.3, -0.25) is 5.10 Å². The minimum Gasteiger partial charge on any atom is -0.478 e. The van der Waals surface area contributed by atoms with Gasteiger partial charge in [-0.1, -0.05) is 0 Å². The van der Waals surface area contributed by atoms with Gasteiger partial charge in [0, 0.05) is 5.39 Å². The van der Waals surface area contributed by atoms with Crippen LogP contribution in [0.25, 0.3) is 10.9 Å². The molecule has 2 rings (SSSR count). The summed E-state index contributed by atoms with van der Waals surface area (Å²) < 4.78 is 0. The van der Waals surface area contributed by atoms with Gasteiger partial charge in [-0.05, 0) is 18.2 Å². The lowest BCUT2D eigenvalue weighted by molar-refractivity contribution is 0.0697. The van der Waals surface area contributed by atoms with Crippen LogP contribution in [0.5, 0.6) is 0 Å². The number of nitrogens with one attached hydrogen (secondary N) is 1. The monoisotopic (exact) mass is 187 g/mol. The van der Waals surface area contributed by atoms with E-state index in [0.29, 0.717) is 10.9 Å². The van der Waals surface area contributed by atoms with Gasteiger partial charge in [0.15, 0.2) is 5.69 Å². The van der Waals surface area contributed by atoms with E-state index in [4.69, 9.17) is 10.4 Å². The second kappa shape index (κ2) is 2.85. The Bertz CT molecular complexity index is 551. The largest absolute Gasteiger partial charge is 0.478 e. The molecule has 0 aliphatic rings. The van der Waals surface area contributed by atoms with Gasteiger partial charge in [-0.15, -0.1) is 0 Å². The molecule has 14 heavy (non-hydrogen) atoms. The van der Waals surface area contributed by atoms with Crippen LogP contribution in [0.3, 0.4) is 0 Å². The molecule has 0 radical (unpaired) electrons. The van der Waals surface area contributed by atoms with Crippen LogP contribution in [0.4, 0.5) is 0 Å². The van der Waals surface area contributed by atoms with Gasteiger partial charge in [-0.25, -0.2) is 4.79 Å². The molecule has 0 saturated heterocycles. The number of hydrogen-bond acceptors (Lipinski definition) is 3. The van der Waals surface area contributed by atoms with Gasteiger partial charge >= 0.3 is 5.97 Å². The molecule has 0 spiro atoms. The lowest BCUT2D eigenvalue weighted by atomic mass is 10.1. The molecule has 0 atom stereocenters. The van der Waals surface area contributed by atoms with Crippen molar-refractivity contribution in [3.05, 3.63) is 29.5 Å². The fourth-order valence-corrected chi connectivity index (χ4v) is 1.23. The average Bonchev–Trinajstić information content (AvgIpc) is 2.59. The molecule has 68 valence electrons. The summed E-state index contributed by atoms with van der Waals surface area (Å²) in [6, 6.07) is 6.36. The third kappa shape index (κ3) is 1.10. The lowest BCUT2D eigenvalue weighted by Gasteiger charge is -1.93. The number of nitriles is 1. The van der Waals surface area contributed by atoms with E-state index in [1.807, 2.05) is 6.07 Å². The molecule has 0 bridgehead atoms. The molecule has 0 saturated carbocycles. The van der Waals surface area contributed by atoms with Crippen LogP contribution in [0.15, 0.2) is 18.2 Å². The minimum atomic E-state index is -1.02. The van der Waals surface area contributed by atoms with Gasteiger partial charge < -0.3 is 5.11 Å². The Balaban J connectivity index is 2.75. The fraction of sp³-hybridized carbons (Fsp3) is 0. The number of benzene rings is 1. The maximum absolute atomic E-state index is 10.7. The maximum Gasteiger partial charge on any atom is 0.335 e. The maximum atomic E-state index is 10.7. The average molecular weight is 187 g/mol. The summed E-state index contributed by atoms with van der Waals surface area (Å²) in [4.78, 5) is 10.7. The third-order valence-electron chi connectivity index (χ3n) is 1.92. The van der Waals surface area contributed by atoms with Crippen molar-refractivity contribution in [1.29, 1.82) is 5.26 Å². The second-order valence-corrected chi connectivity index (χ2v) is 2.75. The molecular weight excluding hydrogens is 182 g/mol. The molecule has 0 aliphatic heterocycles. The Morgan fingerprint density at radius 3 is 3.00 bits per heavy atom. The van der Waals surface area contributed by atoms with Crippen molar-refractivity contribution in [1.82, 2.24) is 10.2 Å². The van der Waals surface area contributed by atoms with Crippen LogP contribution in [-0.2, 0) is 0 Å². The first-order chi connectivity index (χ1) is 6.72. The molecule has 0 unspecified atom stereocenters. The van der Waals surface area contributed by atoms with E-state index in [0.717, 1.165) is 0 Å². The molecule has 2 aromatic rings. The Morgan fingerprint density at radius 1 is 1.57 bits per heavy atom. The molecule has 1 heterocycles. The molecule has 0 aliphatic carbocycles. The fourth-order valence-electron chi connectivity index (χ4n) is 1.23. The summed E-state index contributed by atoms with van der Waals surface area (Å²) in [6.45, 7) is 0. The first-order valence-electron chi connectivity index (χ1n) is 3.84. The zero-order valence-electron chi connectivity index (χ0n) is 6.98. The number of H-pyrrole nitrogens is 1. The summed E-state index contributed by atoms with van der Waals surface area (Å²) in [5.74, 6) is -1.02. The third-order valence-corrected chi connectivity index (χ3v) is 1.92. The molecular formula is C9H5N3O2. The van der Waals surface area contributed by atoms with E-state index >= 15 is 0 Å². The second-order valence-electron chi connectivity index (χ2n) is 2.75. The van der Waals surface area contributed by atoms with E-state index in [9.17, 15) is 4.79 Å². The van der Waals surface area contributed by atoms with Gasteiger partial charge in [0.25, 0.3) is 0 Å². The zero-order chi connectivity index (χ0) is 10.1. The van der Waals surface area contributed by atoms with Crippen molar-refractivity contribution >= 4 is 16.9 Å². The van der Waals surface area contributed by atoms with Gasteiger partial charge in [0.05, 0.1) is 11.1 Å². The summed E-state index contributed by atoms with van der Waals surface area (Å²) in [6.07, 6.45) is 0. The van der Waals surface area contributed by atoms with E-state index in [-0.39, 0.29) is 11.3 Å². The highest BCUT2D eigenvalue weighted by Gasteiger charge is 2.08. The van der Waals surface area contributed by atoms with Crippen molar-refractivity contribution in [3.63, 3.8) is 0 Å². The molecule has 0 fully saturated rings. The number of rotatable bonds is 1. The predicted octanol–water partition coefficient (Wildman–Crippen LogP) is 1.13. The number of carboxylic acids is 1. The molecule has 5 nitrogen and oxygen atoms in total. The Morgan fingerprint density at radius 2 is 2.36 bits per heavy atom. The standard InChI is InChI=1S/C9H5N3O2/c10-4-8-6-3-5(9(13)14)1-2-7(6)11-12-8/h1-3H,(H,11,12)(H,13,14). The number of carboxylic acid groups (broad SMARTS) is 1. The van der Waals surface area contributed by atoms with E-state index in [1.54, 1.807) is 6.07 Å². The highest BCUT2D eigenvalue weighted by molar-refractivity contribution is 5.94. The van der Waals surface area contributed by atoms with Crippen LogP contribution in [-0.4, -0.2) is 21.3 Å². The van der Waals surface area contributed by atoms with E-state index < -0.39 is 5.97 Å². The first-order valence-corrected chi connectivity index (χ1v) is 3.84. The Kier molecular flexibility index (Phi) is 1.68. The summed E-state index contributed by atoms with van der Waals surface area (Å²) in [7, 11) is 0. The normalized spacial score (nSPS) is 9.93. The summed E-state index contributed by atoms with van der Waals surface area (Å²) >= 11 is 0. The van der Waals surface area contributed by atoms with Crippen LogP contribution < -0.4 is 0 Å². The van der Waals surface area contributed by atoms with E-state index in [2.05, 4.69) is 10.2 Å². The molecule has 0 amide bonds. The summed E-state index contributed by atoms with van der Waals surface area (Å²) in [5, 5.41) is 24.3. The van der Waals surface area contributed by atoms with E-state index in [1.165, 1.54) is 12.1 Å². The first kappa shape index (κ1) is 8.26. The van der Waals surface area contributed by atoms with Crippen LogP contribution in [0.2, 0.25) is 0 Å². The van der Waals surface area contributed by atoms with Crippen molar-refractivity contribution in [3.8, 4) is 6.07 Å². The predicted molar refractivity (Wildman–Crippen MR) is 47.8 cm³/mol. The van der Waals surface area contributed by atoms with Gasteiger partial charge in [-0.2, -0.15) is 10.4 Å². The Hall–Kier alpha value is -2.35. The zero-order valence-corrected chi connectivity index (χ0v) is 6.98. The number of fused-ring (bicyclic) bond motifs is 1.